The summed E-state index contributed by atoms with van der Waals surface area (Å²) in [6.45, 7) is 8.12. The minimum atomic E-state index is 0.532. The SMILES string of the molecule is CC1CCN(Cc2nc(CCl)cs2)CC1C. The molecule has 0 aromatic carbocycles. The first kappa shape index (κ1) is 12.3. The molecule has 1 saturated heterocycles. The fourth-order valence-corrected chi connectivity index (χ4v) is 3.23. The second-order valence-corrected chi connectivity index (χ2v) is 6.05. The summed E-state index contributed by atoms with van der Waals surface area (Å²) in [6, 6.07) is 0. The van der Waals surface area contributed by atoms with E-state index in [2.05, 4.69) is 29.1 Å². The Hall–Kier alpha value is -0.120. The fraction of sp³-hybridized carbons (Fsp3) is 0.750. The number of rotatable bonds is 3. The van der Waals surface area contributed by atoms with E-state index in [1.807, 2.05) is 0 Å². The number of hydrogen-bond acceptors (Lipinski definition) is 3. The topological polar surface area (TPSA) is 16.1 Å². The number of hydrogen-bond donors (Lipinski definition) is 0. The molecule has 2 heterocycles. The third kappa shape index (κ3) is 2.96. The van der Waals surface area contributed by atoms with Gasteiger partial charge < -0.3 is 0 Å². The molecule has 1 aromatic heterocycles. The van der Waals surface area contributed by atoms with E-state index >= 15 is 0 Å². The molecule has 0 N–H and O–H groups in total. The molecular formula is C12H19ClN2S. The summed E-state index contributed by atoms with van der Waals surface area (Å²) in [6.07, 6.45) is 1.31. The van der Waals surface area contributed by atoms with E-state index in [1.54, 1.807) is 11.3 Å². The fourth-order valence-electron chi connectivity index (χ4n) is 2.17. The summed E-state index contributed by atoms with van der Waals surface area (Å²) >= 11 is 7.49. The second kappa shape index (κ2) is 5.48. The average molecular weight is 259 g/mol. The van der Waals surface area contributed by atoms with E-state index in [-0.39, 0.29) is 0 Å². The minimum Gasteiger partial charge on any atom is -0.296 e. The lowest BCUT2D eigenvalue weighted by Gasteiger charge is -2.34. The van der Waals surface area contributed by atoms with Crippen molar-refractivity contribution >= 4 is 22.9 Å². The number of thiazole rings is 1. The molecule has 2 atom stereocenters. The largest absolute Gasteiger partial charge is 0.296 e. The lowest BCUT2D eigenvalue weighted by molar-refractivity contribution is 0.132. The first-order valence-electron chi connectivity index (χ1n) is 5.90. The molecule has 0 bridgehead atoms. The minimum absolute atomic E-state index is 0.532. The van der Waals surface area contributed by atoms with Gasteiger partial charge in [-0.05, 0) is 24.8 Å². The molecule has 1 aliphatic heterocycles. The van der Waals surface area contributed by atoms with Gasteiger partial charge in [0.15, 0.2) is 0 Å². The summed E-state index contributed by atoms with van der Waals surface area (Å²) in [7, 11) is 0. The van der Waals surface area contributed by atoms with Crippen LogP contribution in [0.4, 0.5) is 0 Å². The van der Waals surface area contributed by atoms with Crippen molar-refractivity contribution in [3.05, 3.63) is 16.1 Å². The van der Waals surface area contributed by atoms with Crippen molar-refractivity contribution in [2.45, 2.75) is 32.7 Å². The Kier molecular flexibility index (Phi) is 4.22. The van der Waals surface area contributed by atoms with Gasteiger partial charge in [-0.2, -0.15) is 0 Å². The van der Waals surface area contributed by atoms with Gasteiger partial charge in [-0.1, -0.05) is 13.8 Å². The van der Waals surface area contributed by atoms with E-state index in [0.29, 0.717) is 5.88 Å². The highest BCUT2D eigenvalue weighted by atomic mass is 35.5. The molecule has 0 radical (unpaired) electrons. The second-order valence-electron chi connectivity index (χ2n) is 4.84. The highest BCUT2D eigenvalue weighted by Crippen LogP contribution is 2.24. The number of likely N-dealkylation sites (tertiary alicyclic amines) is 1. The third-order valence-corrected chi connectivity index (χ3v) is 4.67. The molecule has 90 valence electrons. The van der Waals surface area contributed by atoms with Gasteiger partial charge in [0.2, 0.25) is 0 Å². The van der Waals surface area contributed by atoms with Crippen molar-refractivity contribution in [3.63, 3.8) is 0 Å². The van der Waals surface area contributed by atoms with Crippen LogP contribution < -0.4 is 0 Å². The van der Waals surface area contributed by atoms with Gasteiger partial charge >= 0.3 is 0 Å². The van der Waals surface area contributed by atoms with Gasteiger partial charge in [-0.15, -0.1) is 22.9 Å². The summed E-state index contributed by atoms with van der Waals surface area (Å²) in [5, 5.41) is 3.27. The highest BCUT2D eigenvalue weighted by Gasteiger charge is 2.23. The van der Waals surface area contributed by atoms with Crippen molar-refractivity contribution < 1.29 is 0 Å². The van der Waals surface area contributed by atoms with E-state index < -0.39 is 0 Å². The molecule has 2 nitrogen and oxygen atoms in total. The Bertz CT molecular complexity index is 340. The zero-order valence-electron chi connectivity index (χ0n) is 9.95. The zero-order chi connectivity index (χ0) is 11.5. The maximum atomic E-state index is 5.76. The molecule has 1 aliphatic rings. The van der Waals surface area contributed by atoms with Crippen molar-refractivity contribution in [1.82, 2.24) is 9.88 Å². The van der Waals surface area contributed by atoms with Gasteiger partial charge in [-0.3, -0.25) is 4.90 Å². The lowest BCUT2D eigenvalue weighted by Crippen LogP contribution is -2.37. The van der Waals surface area contributed by atoms with Crippen LogP contribution in [0.15, 0.2) is 5.38 Å². The van der Waals surface area contributed by atoms with Gasteiger partial charge in [0, 0.05) is 11.9 Å². The average Bonchev–Trinajstić information content (AvgIpc) is 2.71. The molecule has 2 unspecified atom stereocenters. The Balaban J connectivity index is 1.90. The van der Waals surface area contributed by atoms with Crippen LogP contribution in [0.5, 0.6) is 0 Å². The number of alkyl halides is 1. The Labute approximate surface area is 107 Å². The first-order valence-corrected chi connectivity index (χ1v) is 7.32. The van der Waals surface area contributed by atoms with Gasteiger partial charge in [0.25, 0.3) is 0 Å². The Morgan fingerprint density at radius 3 is 2.94 bits per heavy atom. The highest BCUT2D eigenvalue weighted by molar-refractivity contribution is 7.09. The van der Waals surface area contributed by atoms with Gasteiger partial charge in [-0.25, -0.2) is 4.98 Å². The van der Waals surface area contributed by atoms with Crippen LogP contribution in [-0.2, 0) is 12.4 Å². The number of nitrogens with zero attached hydrogens (tertiary/aromatic N) is 2. The molecule has 1 aromatic rings. The monoisotopic (exact) mass is 258 g/mol. The van der Waals surface area contributed by atoms with Crippen LogP contribution >= 0.6 is 22.9 Å². The van der Waals surface area contributed by atoms with Crippen molar-refractivity contribution in [2.24, 2.45) is 11.8 Å². The number of aromatic nitrogens is 1. The first-order chi connectivity index (χ1) is 7.69. The van der Waals surface area contributed by atoms with Gasteiger partial charge in [0.1, 0.15) is 5.01 Å². The summed E-state index contributed by atoms with van der Waals surface area (Å²) in [4.78, 5) is 7.03. The third-order valence-electron chi connectivity index (χ3n) is 3.51. The van der Waals surface area contributed by atoms with E-state index in [1.165, 1.54) is 24.5 Å². The van der Waals surface area contributed by atoms with Crippen molar-refractivity contribution in [3.8, 4) is 0 Å². The Morgan fingerprint density at radius 1 is 1.50 bits per heavy atom. The molecule has 2 rings (SSSR count). The molecule has 0 amide bonds. The van der Waals surface area contributed by atoms with E-state index in [0.717, 1.165) is 24.1 Å². The van der Waals surface area contributed by atoms with Crippen LogP contribution in [0.2, 0.25) is 0 Å². The molecule has 1 fully saturated rings. The normalized spacial score (nSPS) is 27.2. The standard InChI is InChI=1S/C12H19ClN2S/c1-9-3-4-15(6-10(9)2)7-12-14-11(5-13)8-16-12/h8-10H,3-7H2,1-2H3. The van der Waals surface area contributed by atoms with Gasteiger partial charge in [0.05, 0.1) is 18.1 Å². The van der Waals surface area contributed by atoms with Crippen LogP contribution in [0.1, 0.15) is 31.0 Å². The lowest BCUT2D eigenvalue weighted by atomic mass is 9.89. The van der Waals surface area contributed by atoms with E-state index in [9.17, 15) is 0 Å². The zero-order valence-corrected chi connectivity index (χ0v) is 11.5. The van der Waals surface area contributed by atoms with Crippen LogP contribution in [0, 0.1) is 11.8 Å². The summed E-state index contributed by atoms with van der Waals surface area (Å²) < 4.78 is 0. The van der Waals surface area contributed by atoms with E-state index in [4.69, 9.17) is 11.6 Å². The molecule has 0 spiro atoms. The number of piperidine rings is 1. The maximum Gasteiger partial charge on any atom is 0.107 e. The summed E-state index contributed by atoms with van der Waals surface area (Å²) in [5.41, 5.74) is 1.01. The molecule has 0 aliphatic carbocycles. The summed E-state index contributed by atoms with van der Waals surface area (Å²) in [5.74, 6) is 2.20. The van der Waals surface area contributed by atoms with Crippen molar-refractivity contribution in [2.75, 3.05) is 13.1 Å². The quantitative estimate of drug-likeness (QED) is 0.773. The molecule has 4 heteroatoms. The molecule has 0 saturated carbocycles. The predicted molar refractivity (Wildman–Crippen MR) is 69.9 cm³/mol. The maximum absolute atomic E-state index is 5.76. The van der Waals surface area contributed by atoms with Crippen molar-refractivity contribution in [1.29, 1.82) is 0 Å². The Morgan fingerprint density at radius 2 is 2.31 bits per heavy atom. The smallest absolute Gasteiger partial charge is 0.107 e. The molecule has 16 heavy (non-hydrogen) atoms. The molecular weight excluding hydrogens is 240 g/mol. The van der Waals surface area contributed by atoms with Crippen LogP contribution in [0.3, 0.4) is 0 Å². The number of halogens is 1. The van der Waals surface area contributed by atoms with Crippen LogP contribution in [0.25, 0.3) is 0 Å². The predicted octanol–water partition coefficient (Wildman–Crippen LogP) is 3.36. The van der Waals surface area contributed by atoms with Crippen LogP contribution in [-0.4, -0.2) is 23.0 Å².